The van der Waals surface area contributed by atoms with Gasteiger partial charge >= 0.3 is 12.1 Å². The van der Waals surface area contributed by atoms with Gasteiger partial charge in [-0.1, -0.05) is 24.3 Å². The van der Waals surface area contributed by atoms with Gasteiger partial charge in [-0.2, -0.15) is 5.10 Å². The molecule has 0 N–H and O–H groups in total. The maximum atomic E-state index is 13.1. The minimum absolute atomic E-state index is 0.0386. The van der Waals surface area contributed by atoms with Crippen LogP contribution in [0.2, 0.25) is 0 Å². The lowest BCUT2D eigenvalue weighted by Crippen LogP contribution is -2.29. The predicted octanol–water partition coefficient (Wildman–Crippen LogP) is 6.17. The number of rotatable bonds is 5. The van der Waals surface area contributed by atoms with Gasteiger partial charge in [-0.05, 0) is 63.8 Å². The van der Waals surface area contributed by atoms with Crippen LogP contribution < -0.4 is 0 Å². The highest BCUT2D eigenvalue weighted by Gasteiger charge is 2.26. The van der Waals surface area contributed by atoms with Crippen molar-refractivity contribution >= 4 is 33.9 Å². The Morgan fingerprint density at radius 1 is 1.10 bits per heavy atom. The molecule has 5 aromatic rings. The molecule has 1 unspecified atom stereocenters. The van der Waals surface area contributed by atoms with Crippen molar-refractivity contribution in [1.82, 2.24) is 23.9 Å². The molecule has 10 nitrogen and oxygen atoms in total. The Bertz CT molecular complexity index is 1750. The maximum absolute atomic E-state index is 13.1. The van der Waals surface area contributed by atoms with Crippen LogP contribution in [0, 0.1) is 0 Å². The Kier molecular flexibility index (Phi) is 6.86. The average Bonchev–Trinajstić information content (AvgIpc) is 3.69. The van der Waals surface area contributed by atoms with E-state index in [-0.39, 0.29) is 11.9 Å². The second-order valence-electron chi connectivity index (χ2n) is 11.3. The molecule has 1 aliphatic rings. The average molecular weight is 556 g/mol. The highest BCUT2D eigenvalue weighted by Crippen LogP contribution is 2.32. The molecule has 10 heteroatoms. The van der Waals surface area contributed by atoms with Gasteiger partial charge in [0.05, 0.1) is 36.4 Å². The van der Waals surface area contributed by atoms with E-state index < -0.39 is 17.7 Å². The van der Waals surface area contributed by atoms with Gasteiger partial charge in [0.15, 0.2) is 6.23 Å². The molecule has 3 aromatic heterocycles. The summed E-state index contributed by atoms with van der Waals surface area (Å²) in [7, 11) is 1.29. The SMILES string of the molecule is COC(=O)c1cc2ccc(Cn3cnc(-c4cccc5c4cnn5C4CCCCO4)c3)cc2n1C(=O)OC(C)(C)C. The molecule has 1 saturated heterocycles. The third-order valence-corrected chi connectivity index (χ3v) is 7.18. The monoisotopic (exact) mass is 555 g/mol. The summed E-state index contributed by atoms with van der Waals surface area (Å²) in [6, 6.07) is 13.5. The minimum atomic E-state index is -0.728. The predicted molar refractivity (Wildman–Crippen MR) is 154 cm³/mol. The molecule has 41 heavy (non-hydrogen) atoms. The lowest BCUT2D eigenvalue weighted by atomic mass is 10.1. The second kappa shape index (κ2) is 10.5. The second-order valence-corrected chi connectivity index (χ2v) is 11.3. The fourth-order valence-corrected chi connectivity index (χ4v) is 5.34. The summed E-state index contributed by atoms with van der Waals surface area (Å²) in [5, 5.41) is 6.42. The van der Waals surface area contributed by atoms with Crippen molar-refractivity contribution in [3.63, 3.8) is 0 Å². The van der Waals surface area contributed by atoms with Crippen LogP contribution in [0.3, 0.4) is 0 Å². The van der Waals surface area contributed by atoms with Crippen molar-refractivity contribution in [2.75, 3.05) is 13.7 Å². The Hall–Kier alpha value is -4.44. The number of ether oxygens (including phenoxy) is 3. The van der Waals surface area contributed by atoms with E-state index in [2.05, 4.69) is 17.2 Å². The van der Waals surface area contributed by atoms with Crippen LogP contribution in [0.5, 0.6) is 0 Å². The minimum Gasteiger partial charge on any atom is -0.464 e. The number of nitrogens with zero attached hydrogens (tertiary/aromatic N) is 5. The van der Waals surface area contributed by atoms with Crippen molar-refractivity contribution in [1.29, 1.82) is 0 Å². The Labute approximate surface area is 237 Å². The molecule has 1 fully saturated rings. The first-order valence-corrected chi connectivity index (χ1v) is 13.8. The zero-order chi connectivity index (χ0) is 28.7. The molecule has 0 saturated carbocycles. The number of esters is 1. The van der Waals surface area contributed by atoms with E-state index in [1.165, 1.54) is 11.7 Å². The van der Waals surface area contributed by atoms with E-state index >= 15 is 0 Å². The summed E-state index contributed by atoms with van der Waals surface area (Å²) < 4.78 is 21.8. The molecule has 0 spiro atoms. The van der Waals surface area contributed by atoms with Crippen molar-refractivity contribution in [2.24, 2.45) is 0 Å². The summed E-state index contributed by atoms with van der Waals surface area (Å²) in [5.74, 6) is -0.611. The van der Waals surface area contributed by atoms with Gasteiger partial charge in [0, 0.05) is 35.7 Å². The number of hydrogen-bond acceptors (Lipinski definition) is 7. The number of carbonyl (C=O) groups is 2. The van der Waals surface area contributed by atoms with Gasteiger partial charge in [-0.15, -0.1) is 0 Å². The highest BCUT2D eigenvalue weighted by atomic mass is 16.6. The van der Waals surface area contributed by atoms with Crippen LogP contribution in [0.25, 0.3) is 33.1 Å². The van der Waals surface area contributed by atoms with Crippen molar-refractivity contribution in [3.05, 3.63) is 72.4 Å². The van der Waals surface area contributed by atoms with Crippen LogP contribution >= 0.6 is 0 Å². The van der Waals surface area contributed by atoms with E-state index in [1.807, 2.05) is 45.9 Å². The lowest BCUT2D eigenvalue weighted by Gasteiger charge is -2.23. The summed E-state index contributed by atoms with van der Waals surface area (Å²) in [6.07, 6.45) is 8.18. The van der Waals surface area contributed by atoms with E-state index in [0.717, 1.165) is 59.0 Å². The first-order chi connectivity index (χ1) is 19.7. The van der Waals surface area contributed by atoms with Gasteiger partial charge < -0.3 is 18.8 Å². The van der Waals surface area contributed by atoms with Crippen LogP contribution in [0.4, 0.5) is 4.79 Å². The Morgan fingerprint density at radius 2 is 1.95 bits per heavy atom. The number of imidazole rings is 1. The summed E-state index contributed by atoms with van der Waals surface area (Å²) in [5.41, 5.74) is 3.76. The molecular weight excluding hydrogens is 522 g/mol. The summed E-state index contributed by atoms with van der Waals surface area (Å²) >= 11 is 0. The summed E-state index contributed by atoms with van der Waals surface area (Å²) in [6.45, 7) is 6.62. The normalized spacial score (nSPS) is 15.9. The zero-order valence-corrected chi connectivity index (χ0v) is 23.7. The van der Waals surface area contributed by atoms with Gasteiger partial charge in [-0.25, -0.2) is 23.8 Å². The van der Waals surface area contributed by atoms with Crippen LogP contribution in [-0.4, -0.2) is 55.3 Å². The Balaban J connectivity index is 1.31. The first kappa shape index (κ1) is 26.8. The molecule has 6 rings (SSSR count). The molecule has 4 heterocycles. The number of carbonyl (C=O) groups excluding carboxylic acids is 2. The molecule has 1 atom stereocenters. The molecule has 0 amide bonds. The van der Waals surface area contributed by atoms with Gasteiger partial charge in [0.2, 0.25) is 0 Å². The molecule has 0 aliphatic carbocycles. The smallest absolute Gasteiger partial charge is 0.419 e. The number of methoxy groups -OCH3 is 1. The first-order valence-electron chi connectivity index (χ1n) is 13.8. The number of benzene rings is 2. The van der Waals surface area contributed by atoms with Crippen LogP contribution in [-0.2, 0) is 20.8 Å². The molecule has 212 valence electrons. The molecule has 2 aromatic carbocycles. The van der Waals surface area contributed by atoms with Crippen LogP contribution in [0.1, 0.15) is 62.3 Å². The molecular formula is C31H33N5O5. The van der Waals surface area contributed by atoms with E-state index in [0.29, 0.717) is 12.1 Å². The van der Waals surface area contributed by atoms with E-state index in [1.54, 1.807) is 33.2 Å². The lowest BCUT2D eigenvalue weighted by molar-refractivity contribution is -0.0366. The number of aromatic nitrogens is 5. The van der Waals surface area contributed by atoms with E-state index in [9.17, 15) is 9.59 Å². The van der Waals surface area contributed by atoms with Crippen molar-refractivity contribution < 1.29 is 23.8 Å². The maximum Gasteiger partial charge on any atom is 0.419 e. The highest BCUT2D eigenvalue weighted by molar-refractivity contribution is 6.01. The fraction of sp³-hybridized carbons (Fsp3) is 0.355. The number of fused-ring (bicyclic) bond motifs is 2. The van der Waals surface area contributed by atoms with Crippen molar-refractivity contribution in [3.8, 4) is 11.3 Å². The fourth-order valence-electron chi connectivity index (χ4n) is 5.34. The largest absolute Gasteiger partial charge is 0.464 e. The topological polar surface area (TPSA) is 102 Å². The quantitative estimate of drug-likeness (QED) is 0.239. The molecule has 0 bridgehead atoms. The Morgan fingerprint density at radius 3 is 2.71 bits per heavy atom. The molecule has 1 aliphatic heterocycles. The van der Waals surface area contributed by atoms with Gasteiger partial charge in [0.1, 0.15) is 11.3 Å². The zero-order valence-electron chi connectivity index (χ0n) is 23.7. The van der Waals surface area contributed by atoms with Crippen molar-refractivity contribution in [2.45, 2.75) is 58.4 Å². The summed E-state index contributed by atoms with van der Waals surface area (Å²) in [4.78, 5) is 30.3. The standard InChI is InChI=1S/C31H33N5O5/c1-31(2,3)41-30(38)35-26-14-20(11-12-21(26)15-27(35)29(37)39-4)17-34-18-24(32-19-34)22-8-7-9-25-23(22)16-33-36(25)28-10-5-6-13-40-28/h7-9,11-12,14-16,18-19,28H,5-6,10,13,17H2,1-4H3. The van der Waals surface area contributed by atoms with Crippen LogP contribution in [0.15, 0.2) is 61.2 Å². The number of hydrogen-bond donors (Lipinski definition) is 0. The third-order valence-electron chi connectivity index (χ3n) is 7.18. The third kappa shape index (κ3) is 5.22. The van der Waals surface area contributed by atoms with Gasteiger partial charge in [-0.3, -0.25) is 0 Å². The van der Waals surface area contributed by atoms with E-state index in [4.69, 9.17) is 19.2 Å². The molecule has 0 radical (unpaired) electrons. The van der Waals surface area contributed by atoms with Gasteiger partial charge in [0.25, 0.3) is 0 Å².